The highest BCUT2D eigenvalue weighted by Gasteiger charge is 2.30. The summed E-state index contributed by atoms with van der Waals surface area (Å²) in [4.78, 5) is 14.5. The highest BCUT2D eigenvalue weighted by molar-refractivity contribution is 5.81. The normalized spacial score (nSPS) is 16.9. The van der Waals surface area contributed by atoms with Crippen LogP contribution in [0.1, 0.15) is 57.2 Å². The molecule has 3 rings (SSSR count). The third kappa shape index (κ3) is 4.18. The van der Waals surface area contributed by atoms with E-state index in [1.807, 2.05) is 49.1 Å². The number of carbonyl (C=O) groups is 1. The molecule has 2 heterocycles. The van der Waals surface area contributed by atoms with Crippen LogP contribution in [0, 0.1) is 0 Å². The minimum absolute atomic E-state index is 0.0238. The Morgan fingerprint density at radius 1 is 1.16 bits per heavy atom. The lowest BCUT2D eigenvalue weighted by atomic mass is 9.96. The lowest BCUT2D eigenvalue weighted by Gasteiger charge is -2.32. The van der Waals surface area contributed by atoms with Crippen molar-refractivity contribution in [1.82, 2.24) is 15.1 Å². The van der Waals surface area contributed by atoms with Gasteiger partial charge in [-0.05, 0) is 31.9 Å². The van der Waals surface area contributed by atoms with E-state index in [0.29, 0.717) is 30.6 Å². The highest BCUT2D eigenvalue weighted by Crippen LogP contribution is 2.28. The maximum atomic E-state index is 12.6. The summed E-state index contributed by atoms with van der Waals surface area (Å²) < 4.78 is 11.5. The first-order valence-electron chi connectivity index (χ1n) is 8.88. The van der Waals surface area contributed by atoms with Crippen molar-refractivity contribution in [2.45, 2.75) is 51.6 Å². The van der Waals surface area contributed by atoms with E-state index in [0.717, 1.165) is 12.8 Å². The predicted octanol–water partition coefficient (Wildman–Crippen LogP) is 3.37. The Hall–Kier alpha value is -2.37. The largest absolute Gasteiger partial charge is 0.481 e. The molecule has 1 saturated heterocycles. The van der Waals surface area contributed by atoms with E-state index >= 15 is 0 Å². The van der Waals surface area contributed by atoms with E-state index in [-0.39, 0.29) is 17.7 Å². The molecule has 6 nitrogen and oxygen atoms in total. The van der Waals surface area contributed by atoms with Crippen LogP contribution >= 0.6 is 0 Å². The van der Waals surface area contributed by atoms with Crippen molar-refractivity contribution in [3.8, 4) is 5.75 Å². The molecule has 0 aliphatic carbocycles. The Kier molecular flexibility index (Phi) is 5.36. The Balaban J connectivity index is 1.53. The molecule has 25 heavy (non-hydrogen) atoms. The number of hydrogen-bond acceptors (Lipinski definition) is 5. The molecular weight excluding hydrogens is 318 g/mol. The standard InChI is InChI=1S/C19H25N3O3/c1-13(2)17-20-21-18(25-17)15-9-11-22(12-10-15)19(23)14(3)24-16-7-5-4-6-8-16/h4-8,13-15H,9-12H2,1-3H3/t14-/m1/s1. The SMILES string of the molecule is CC(C)c1nnc(C2CCN(C(=O)[C@@H](C)Oc3ccccc3)CC2)o1. The van der Waals surface area contributed by atoms with Gasteiger partial charge >= 0.3 is 0 Å². The second kappa shape index (κ2) is 7.68. The Labute approximate surface area is 148 Å². The van der Waals surface area contributed by atoms with Gasteiger partial charge in [0.25, 0.3) is 5.91 Å². The van der Waals surface area contributed by atoms with Crippen LogP contribution in [-0.2, 0) is 4.79 Å². The van der Waals surface area contributed by atoms with E-state index in [9.17, 15) is 4.79 Å². The summed E-state index contributed by atoms with van der Waals surface area (Å²) in [5.41, 5.74) is 0. The van der Waals surface area contributed by atoms with Crippen molar-refractivity contribution in [3.05, 3.63) is 42.1 Å². The number of likely N-dealkylation sites (tertiary alicyclic amines) is 1. The van der Waals surface area contributed by atoms with Gasteiger partial charge in [0.15, 0.2) is 6.10 Å². The van der Waals surface area contributed by atoms with Crippen molar-refractivity contribution >= 4 is 5.91 Å². The first kappa shape index (κ1) is 17.5. The second-order valence-corrected chi connectivity index (χ2v) is 6.81. The van der Waals surface area contributed by atoms with Crippen molar-refractivity contribution < 1.29 is 13.9 Å². The van der Waals surface area contributed by atoms with Gasteiger partial charge in [-0.1, -0.05) is 32.0 Å². The zero-order chi connectivity index (χ0) is 17.8. The van der Waals surface area contributed by atoms with E-state index in [2.05, 4.69) is 10.2 Å². The number of hydrogen-bond donors (Lipinski definition) is 0. The topological polar surface area (TPSA) is 68.5 Å². The third-order valence-corrected chi connectivity index (χ3v) is 4.51. The van der Waals surface area contributed by atoms with Gasteiger partial charge in [0.1, 0.15) is 5.75 Å². The van der Waals surface area contributed by atoms with Gasteiger partial charge in [0.05, 0.1) is 0 Å². The summed E-state index contributed by atoms with van der Waals surface area (Å²) in [6.07, 6.45) is 1.18. The second-order valence-electron chi connectivity index (χ2n) is 6.81. The lowest BCUT2D eigenvalue weighted by molar-refractivity contribution is -0.139. The molecular formula is C19H25N3O3. The van der Waals surface area contributed by atoms with Crippen LogP contribution in [0.2, 0.25) is 0 Å². The van der Waals surface area contributed by atoms with Gasteiger partial charge < -0.3 is 14.1 Å². The Morgan fingerprint density at radius 2 is 1.84 bits per heavy atom. The minimum atomic E-state index is -0.491. The fraction of sp³-hybridized carbons (Fsp3) is 0.526. The molecule has 0 unspecified atom stereocenters. The molecule has 6 heteroatoms. The smallest absolute Gasteiger partial charge is 0.263 e. The van der Waals surface area contributed by atoms with Gasteiger partial charge in [0.2, 0.25) is 11.8 Å². The summed E-state index contributed by atoms with van der Waals surface area (Å²) in [5, 5.41) is 8.28. The molecule has 1 atom stereocenters. The molecule has 0 radical (unpaired) electrons. The highest BCUT2D eigenvalue weighted by atomic mass is 16.5. The quantitative estimate of drug-likeness (QED) is 0.832. The summed E-state index contributed by atoms with van der Waals surface area (Å²) >= 11 is 0. The predicted molar refractivity (Wildman–Crippen MR) is 93.5 cm³/mol. The molecule has 1 fully saturated rings. The zero-order valence-corrected chi connectivity index (χ0v) is 15.0. The summed E-state index contributed by atoms with van der Waals surface area (Å²) in [7, 11) is 0. The maximum absolute atomic E-state index is 12.6. The molecule has 1 aliphatic heterocycles. The molecule has 0 N–H and O–H groups in total. The number of amides is 1. The van der Waals surface area contributed by atoms with Crippen LogP contribution in [0.3, 0.4) is 0 Å². The first-order valence-corrected chi connectivity index (χ1v) is 8.88. The number of aromatic nitrogens is 2. The molecule has 0 bridgehead atoms. The van der Waals surface area contributed by atoms with Crippen LogP contribution in [0.4, 0.5) is 0 Å². The van der Waals surface area contributed by atoms with E-state index < -0.39 is 6.10 Å². The van der Waals surface area contributed by atoms with Crippen LogP contribution in [0.15, 0.2) is 34.7 Å². The zero-order valence-electron chi connectivity index (χ0n) is 15.0. The minimum Gasteiger partial charge on any atom is -0.481 e. The van der Waals surface area contributed by atoms with Gasteiger partial charge in [-0.3, -0.25) is 4.79 Å². The Bertz CT molecular complexity index is 691. The number of para-hydroxylation sites is 1. The van der Waals surface area contributed by atoms with Gasteiger partial charge in [-0.2, -0.15) is 0 Å². The number of carbonyl (C=O) groups excluding carboxylic acids is 1. The first-order chi connectivity index (χ1) is 12.0. The van der Waals surface area contributed by atoms with Crippen molar-refractivity contribution in [3.63, 3.8) is 0 Å². The number of ether oxygens (including phenoxy) is 1. The van der Waals surface area contributed by atoms with E-state index in [4.69, 9.17) is 9.15 Å². The average Bonchev–Trinajstić information content (AvgIpc) is 3.12. The van der Waals surface area contributed by atoms with Crippen LogP contribution in [0.5, 0.6) is 5.75 Å². The number of piperidine rings is 1. The number of nitrogens with zero attached hydrogens (tertiary/aromatic N) is 3. The summed E-state index contributed by atoms with van der Waals surface area (Å²) in [5.74, 6) is 2.58. The van der Waals surface area contributed by atoms with E-state index in [1.165, 1.54) is 0 Å². The molecule has 2 aromatic rings. The molecule has 0 saturated carbocycles. The fourth-order valence-electron chi connectivity index (χ4n) is 3.00. The van der Waals surface area contributed by atoms with Crippen molar-refractivity contribution in [2.24, 2.45) is 0 Å². The van der Waals surface area contributed by atoms with Gasteiger partial charge in [0, 0.05) is 24.9 Å². The summed E-state index contributed by atoms with van der Waals surface area (Å²) in [6, 6.07) is 9.43. The van der Waals surface area contributed by atoms with Crippen LogP contribution in [0.25, 0.3) is 0 Å². The van der Waals surface area contributed by atoms with Gasteiger partial charge in [-0.25, -0.2) is 0 Å². The van der Waals surface area contributed by atoms with Crippen molar-refractivity contribution in [1.29, 1.82) is 0 Å². The molecule has 1 aromatic carbocycles. The Morgan fingerprint density at radius 3 is 2.44 bits per heavy atom. The summed E-state index contributed by atoms with van der Waals surface area (Å²) in [6.45, 7) is 7.24. The van der Waals surface area contributed by atoms with Crippen LogP contribution < -0.4 is 4.74 Å². The molecule has 1 aliphatic rings. The molecule has 0 spiro atoms. The number of benzene rings is 1. The molecule has 1 amide bonds. The van der Waals surface area contributed by atoms with Crippen LogP contribution in [-0.4, -0.2) is 40.2 Å². The van der Waals surface area contributed by atoms with Crippen molar-refractivity contribution in [2.75, 3.05) is 13.1 Å². The molecule has 134 valence electrons. The fourth-order valence-corrected chi connectivity index (χ4v) is 3.00. The van der Waals surface area contributed by atoms with Gasteiger partial charge in [-0.15, -0.1) is 10.2 Å². The number of rotatable bonds is 5. The lowest BCUT2D eigenvalue weighted by Crippen LogP contribution is -2.44. The average molecular weight is 343 g/mol. The molecule has 1 aromatic heterocycles. The maximum Gasteiger partial charge on any atom is 0.263 e. The van der Waals surface area contributed by atoms with E-state index in [1.54, 1.807) is 6.92 Å². The monoisotopic (exact) mass is 343 g/mol. The third-order valence-electron chi connectivity index (χ3n) is 4.51.